The minimum absolute atomic E-state index is 0.00923. The molecule has 0 aliphatic rings. The van der Waals surface area contributed by atoms with Crippen molar-refractivity contribution in [3.8, 4) is 11.1 Å². The van der Waals surface area contributed by atoms with Crippen LogP contribution in [0.25, 0.3) is 33.1 Å². The number of H-pyrrole nitrogens is 2. The SMILES string of the molecule is CCOC(=O)C(=O)Nc1c(-c2ccccc2)c2[nH]c3ccc(C)cc3c2[nH]c1=O. The zero-order chi connectivity index (χ0) is 20.5. The predicted octanol–water partition coefficient (Wildman–Crippen LogP) is 3.49. The van der Waals surface area contributed by atoms with Crippen molar-refractivity contribution in [2.24, 2.45) is 0 Å². The van der Waals surface area contributed by atoms with Crippen LogP contribution in [-0.4, -0.2) is 28.5 Å². The molecule has 0 atom stereocenters. The third kappa shape index (κ3) is 3.27. The molecule has 3 N–H and O–H groups in total. The quantitative estimate of drug-likeness (QED) is 0.368. The van der Waals surface area contributed by atoms with Crippen molar-refractivity contribution in [3.05, 3.63) is 64.4 Å². The van der Waals surface area contributed by atoms with Crippen molar-refractivity contribution >= 4 is 39.5 Å². The second kappa shape index (κ2) is 7.27. The molecule has 0 aliphatic carbocycles. The van der Waals surface area contributed by atoms with Crippen molar-refractivity contribution in [1.82, 2.24) is 9.97 Å². The van der Waals surface area contributed by atoms with Crippen LogP contribution in [0.2, 0.25) is 0 Å². The molecule has 0 aliphatic heterocycles. The van der Waals surface area contributed by atoms with E-state index in [9.17, 15) is 14.4 Å². The van der Waals surface area contributed by atoms with E-state index in [1.807, 2.05) is 55.5 Å². The zero-order valence-corrected chi connectivity index (χ0v) is 16.0. The van der Waals surface area contributed by atoms with Gasteiger partial charge >= 0.3 is 11.9 Å². The Morgan fingerprint density at radius 1 is 1.03 bits per heavy atom. The van der Waals surface area contributed by atoms with E-state index >= 15 is 0 Å². The molecule has 2 aromatic carbocycles. The fourth-order valence-corrected chi connectivity index (χ4v) is 3.41. The van der Waals surface area contributed by atoms with E-state index < -0.39 is 17.4 Å². The highest BCUT2D eigenvalue weighted by Gasteiger charge is 2.23. The number of carbonyl (C=O) groups excluding carboxylic acids is 2. The van der Waals surface area contributed by atoms with Crippen LogP contribution in [0.1, 0.15) is 12.5 Å². The summed E-state index contributed by atoms with van der Waals surface area (Å²) in [5, 5.41) is 3.31. The molecular formula is C22H19N3O4. The number of esters is 1. The Balaban J connectivity index is 2.01. The number of aromatic amines is 2. The second-order valence-electron chi connectivity index (χ2n) is 6.67. The highest BCUT2D eigenvalue weighted by atomic mass is 16.5. The Morgan fingerprint density at radius 2 is 1.79 bits per heavy atom. The Bertz CT molecular complexity index is 1300. The topological polar surface area (TPSA) is 104 Å². The fraction of sp³-hybridized carbons (Fsp3) is 0.136. The molecule has 146 valence electrons. The number of pyridine rings is 1. The summed E-state index contributed by atoms with van der Waals surface area (Å²) in [7, 11) is 0. The maximum Gasteiger partial charge on any atom is 0.397 e. The first-order chi connectivity index (χ1) is 14.0. The maximum atomic E-state index is 12.9. The number of anilines is 1. The van der Waals surface area contributed by atoms with E-state index in [0.29, 0.717) is 16.6 Å². The molecule has 7 heteroatoms. The number of ether oxygens (including phenoxy) is 1. The van der Waals surface area contributed by atoms with Gasteiger partial charge in [-0.1, -0.05) is 42.0 Å². The van der Waals surface area contributed by atoms with Gasteiger partial charge < -0.3 is 20.0 Å². The number of rotatable bonds is 3. The van der Waals surface area contributed by atoms with Gasteiger partial charge in [-0.15, -0.1) is 0 Å². The molecule has 2 aromatic heterocycles. The molecule has 0 fully saturated rings. The van der Waals surface area contributed by atoms with Gasteiger partial charge in [0.2, 0.25) is 0 Å². The van der Waals surface area contributed by atoms with Gasteiger partial charge in [-0.3, -0.25) is 9.59 Å². The van der Waals surface area contributed by atoms with Gasteiger partial charge in [0.1, 0.15) is 5.69 Å². The average Bonchev–Trinajstić information content (AvgIpc) is 3.06. The molecular weight excluding hydrogens is 370 g/mol. The molecule has 4 rings (SSSR count). The second-order valence-corrected chi connectivity index (χ2v) is 6.67. The lowest BCUT2D eigenvalue weighted by Crippen LogP contribution is -2.28. The average molecular weight is 389 g/mol. The van der Waals surface area contributed by atoms with Crippen LogP contribution in [0.4, 0.5) is 5.69 Å². The summed E-state index contributed by atoms with van der Waals surface area (Å²) in [5.74, 6) is -2.04. The van der Waals surface area contributed by atoms with Gasteiger partial charge in [0.05, 0.1) is 17.6 Å². The number of benzene rings is 2. The fourth-order valence-electron chi connectivity index (χ4n) is 3.41. The number of aromatic nitrogens is 2. The van der Waals surface area contributed by atoms with Crippen molar-refractivity contribution in [2.45, 2.75) is 13.8 Å². The molecule has 1 amide bonds. The molecule has 0 saturated heterocycles. The van der Waals surface area contributed by atoms with Crippen LogP contribution >= 0.6 is 0 Å². The third-order valence-corrected chi connectivity index (χ3v) is 4.68. The summed E-state index contributed by atoms with van der Waals surface area (Å²) >= 11 is 0. The van der Waals surface area contributed by atoms with Crippen LogP contribution in [0.15, 0.2) is 53.3 Å². The molecule has 0 spiro atoms. The number of amides is 1. The minimum atomic E-state index is -1.04. The summed E-state index contributed by atoms with van der Waals surface area (Å²) < 4.78 is 4.74. The normalized spacial score (nSPS) is 11.0. The van der Waals surface area contributed by atoms with Crippen molar-refractivity contribution in [3.63, 3.8) is 0 Å². The number of nitrogens with one attached hydrogen (secondary N) is 3. The van der Waals surface area contributed by atoms with E-state index in [0.717, 1.165) is 22.0 Å². The molecule has 7 nitrogen and oxygen atoms in total. The molecule has 0 bridgehead atoms. The van der Waals surface area contributed by atoms with Crippen molar-refractivity contribution < 1.29 is 14.3 Å². The Morgan fingerprint density at radius 3 is 2.52 bits per heavy atom. The molecule has 2 heterocycles. The van der Waals surface area contributed by atoms with Gasteiger partial charge in [-0.05, 0) is 31.5 Å². The van der Waals surface area contributed by atoms with E-state index in [1.54, 1.807) is 6.92 Å². The Kier molecular flexibility index (Phi) is 4.64. The predicted molar refractivity (Wildman–Crippen MR) is 112 cm³/mol. The maximum absolute atomic E-state index is 12.9. The lowest BCUT2D eigenvalue weighted by Gasteiger charge is -2.11. The number of carbonyl (C=O) groups is 2. The largest absolute Gasteiger partial charge is 0.459 e. The first-order valence-corrected chi connectivity index (χ1v) is 9.21. The Hall–Kier alpha value is -3.87. The summed E-state index contributed by atoms with van der Waals surface area (Å²) in [4.78, 5) is 43.1. The zero-order valence-electron chi connectivity index (χ0n) is 16.0. The van der Waals surface area contributed by atoms with Crippen LogP contribution in [0.5, 0.6) is 0 Å². The van der Waals surface area contributed by atoms with Crippen LogP contribution in [0.3, 0.4) is 0 Å². The lowest BCUT2D eigenvalue weighted by atomic mass is 10.0. The summed E-state index contributed by atoms with van der Waals surface area (Å²) in [6.45, 7) is 3.64. The monoisotopic (exact) mass is 389 g/mol. The smallest absolute Gasteiger partial charge is 0.397 e. The number of hydrogen-bond acceptors (Lipinski definition) is 4. The minimum Gasteiger partial charge on any atom is -0.459 e. The molecule has 29 heavy (non-hydrogen) atoms. The summed E-state index contributed by atoms with van der Waals surface area (Å²) in [6, 6.07) is 15.1. The molecule has 4 aromatic rings. The third-order valence-electron chi connectivity index (χ3n) is 4.68. The van der Waals surface area contributed by atoms with Gasteiger partial charge in [-0.2, -0.15) is 0 Å². The van der Waals surface area contributed by atoms with E-state index in [4.69, 9.17) is 4.74 Å². The Labute approximate surface area is 165 Å². The van der Waals surface area contributed by atoms with Crippen LogP contribution < -0.4 is 10.9 Å². The number of fused-ring (bicyclic) bond motifs is 3. The molecule has 0 radical (unpaired) electrons. The number of hydrogen-bond donors (Lipinski definition) is 3. The molecule has 0 unspecified atom stereocenters. The highest BCUT2D eigenvalue weighted by molar-refractivity contribution is 6.37. The first-order valence-electron chi connectivity index (χ1n) is 9.21. The van der Waals surface area contributed by atoms with Crippen LogP contribution in [-0.2, 0) is 14.3 Å². The van der Waals surface area contributed by atoms with E-state index in [1.165, 1.54) is 0 Å². The summed E-state index contributed by atoms with van der Waals surface area (Å²) in [5.41, 5.74) is 3.94. The van der Waals surface area contributed by atoms with Crippen LogP contribution in [0, 0.1) is 6.92 Å². The van der Waals surface area contributed by atoms with Crippen molar-refractivity contribution in [1.29, 1.82) is 0 Å². The first kappa shape index (κ1) is 18.5. The molecule has 0 saturated carbocycles. The van der Waals surface area contributed by atoms with Gasteiger partial charge in [-0.25, -0.2) is 4.79 Å². The highest BCUT2D eigenvalue weighted by Crippen LogP contribution is 2.35. The number of aryl methyl sites for hydroxylation is 1. The van der Waals surface area contributed by atoms with E-state index in [-0.39, 0.29) is 12.3 Å². The van der Waals surface area contributed by atoms with Gasteiger partial charge in [0.15, 0.2) is 0 Å². The van der Waals surface area contributed by atoms with E-state index in [2.05, 4.69) is 15.3 Å². The van der Waals surface area contributed by atoms with Crippen molar-refractivity contribution in [2.75, 3.05) is 11.9 Å². The summed E-state index contributed by atoms with van der Waals surface area (Å²) in [6.07, 6.45) is 0. The van der Waals surface area contributed by atoms with Gasteiger partial charge in [0.25, 0.3) is 5.56 Å². The standard InChI is InChI=1S/C22H19N3O4/c1-3-29-22(28)21(27)25-19-16(13-7-5-4-6-8-13)18-17(24-20(19)26)14-11-12(2)9-10-15(14)23-18/h4-11,23H,3H2,1-2H3,(H,24,26)(H,25,27). The van der Waals surface area contributed by atoms with Gasteiger partial charge in [0, 0.05) is 16.5 Å². The lowest BCUT2D eigenvalue weighted by molar-refractivity contribution is -0.152.